The van der Waals surface area contributed by atoms with Gasteiger partial charge in [-0.1, -0.05) is 23.7 Å². The molecule has 0 fully saturated rings. The monoisotopic (exact) mass is 356 g/mol. The molecule has 7 heteroatoms. The van der Waals surface area contributed by atoms with Crippen LogP contribution in [0.15, 0.2) is 48.5 Å². The summed E-state index contributed by atoms with van der Waals surface area (Å²) in [5, 5.41) is 11.0. The number of amides is 1. The lowest BCUT2D eigenvalue weighted by Crippen LogP contribution is -2.38. The van der Waals surface area contributed by atoms with E-state index in [1.165, 1.54) is 16.8 Å². The topological polar surface area (TPSA) is 59.0 Å². The average molecular weight is 357 g/mol. The molecule has 3 aromatic rings. The molecule has 1 aliphatic heterocycles. The quantitative estimate of drug-likeness (QED) is 0.733. The Bertz CT molecular complexity index is 968. The Labute approximate surface area is 148 Å². The molecule has 2 aromatic carbocycles. The number of hydrogen-bond acceptors (Lipinski definition) is 3. The third-order valence-corrected chi connectivity index (χ3v) is 4.52. The highest BCUT2D eigenvalue weighted by Gasteiger charge is 2.29. The third-order valence-electron chi connectivity index (χ3n) is 4.15. The fourth-order valence-corrected chi connectivity index (χ4v) is 3.33. The first-order chi connectivity index (χ1) is 12.0. The molecule has 2 heterocycles. The molecule has 25 heavy (non-hydrogen) atoms. The maximum atomic E-state index is 13.1. The van der Waals surface area contributed by atoms with Gasteiger partial charge in [0.05, 0.1) is 22.5 Å². The minimum absolute atomic E-state index is 0.177. The average Bonchev–Trinajstić information content (AvgIpc) is 2.90. The van der Waals surface area contributed by atoms with E-state index < -0.39 is 6.17 Å². The fourth-order valence-electron chi connectivity index (χ4n) is 2.94. The number of nitrogens with zero attached hydrogens (tertiary/aromatic N) is 2. The molecule has 4 rings (SSSR count). The first-order valence-electron chi connectivity index (χ1n) is 7.72. The summed E-state index contributed by atoms with van der Waals surface area (Å²) < 4.78 is 14.7. The van der Waals surface area contributed by atoms with Crippen molar-refractivity contribution in [2.24, 2.45) is 0 Å². The smallest absolute Gasteiger partial charge is 0.255 e. The maximum absolute atomic E-state index is 13.1. The number of carbonyl (C=O) groups excluding carboxylic acids is 1. The van der Waals surface area contributed by atoms with Crippen LogP contribution in [0.1, 0.15) is 27.8 Å². The largest absolute Gasteiger partial charge is 0.361 e. The molecule has 1 aromatic heterocycles. The van der Waals surface area contributed by atoms with E-state index >= 15 is 0 Å². The van der Waals surface area contributed by atoms with Crippen molar-refractivity contribution in [1.82, 2.24) is 15.1 Å². The number of halogens is 2. The Morgan fingerprint density at radius 1 is 1.12 bits per heavy atom. The van der Waals surface area contributed by atoms with Crippen LogP contribution in [0.2, 0.25) is 5.15 Å². The van der Waals surface area contributed by atoms with Gasteiger partial charge in [0.25, 0.3) is 5.91 Å². The van der Waals surface area contributed by atoms with Crippen LogP contribution >= 0.6 is 11.6 Å². The zero-order chi connectivity index (χ0) is 17.6. The van der Waals surface area contributed by atoms with Gasteiger partial charge in [-0.25, -0.2) is 9.07 Å². The minimum atomic E-state index is -0.496. The van der Waals surface area contributed by atoms with Crippen molar-refractivity contribution in [2.45, 2.75) is 13.1 Å². The molecule has 2 N–H and O–H groups in total. The van der Waals surface area contributed by atoms with Crippen LogP contribution in [0.25, 0.3) is 5.69 Å². The van der Waals surface area contributed by atoms with Crippen molar-refractivity contribution in [3.63, 3.8) is 0 Å². The van der Waals surface area contributed by atoms with Crippen LogP contribution in [-0.2, 0) is 0 Å². The molecule has 5 nitrogen and oxygen atoms in total. The van der Waals surface area contributed by atoms with Gasteiger partial charge in [-0.2, -0.15) is 5.10 Å². The van der Waals surface area contributed by atoms with Crippen LogP contribution in [-0.4, -0.2) is 15.7 Å². The Morgan fingerprint density at radius 3 is 2.60 bits per heavy atom. The van der Waals surface area contributed by atoms with Gasteiger partial charge in [0.15, 0.2) is 0 Å². The Balaban J connectivity index is 1.75. The first kappa shape index (κ1) is 15.7. The van der Waals surface area contributed by atoms with Crippen LogP contribution < -0.4 is 10.6 Å². The standard InChI is InChI=1S/C18H14ClFN4O/c1-10-15(16(19)24(23-10)12-8-6-11(20)7-9-12)17-21-14-5-3-2-4-13(14)18(25)22-17/h2-9,17,21H,1H3,(H,22,25)/t17-/m1/s1. The number of aryl methyl sites for hydroxylation is 1. The van der Waals surface area contributed by atoms with Crippen LogP contribution in [0.5, 0.6) is 0 Å². The Hall–Kier alpha value is -2.86. The molecule has 0 bridgehead atoms. The van der Waals surface area contributed by atoms with Crippen molar-refractivity contribution < 1.29 is 9.18 Å². The van der Waals surface area contributed by atoms with Crippen LogP contribution in [0.3, 0.4) is 0 Å². The minimum Gasteiger partial charge on any atom is -0.361 e. The van der Waals surface area contributed by atoms with Gasteiger partial charge in [-0.3, -0.25) is 4.79 Å². The molecular formula is C18H14ClFN4O. The predicted molar refractivity (Wildman–Crippen MR) is 93.5 cm³/mol. The molecule has 1 atom stereocenters. The molecule has 0 saturated carbocycles. The zero-order valence-electron chi connectivity index (χ0n) is 13.3. The number of anilines is 1. The number of benzene rings is 2. The van der Waals surface area contributed by atoms with Crippen LogP contribution in [0.4, 0.5) is 10.1 Å². The van der Waals surface area contributed by atoms with Gasteiger partial charge in [0.2, 0.25) is 0 Å². The summed E-state index contributed by atoms with van der Waals surface area (Å²) in [7, 11) is 0. The summed E-state index contributed by atoms with van der Waals surface area (Å²) in [6.45, 7) is 1.82. The highest BCUT2D eigenvalue weighted by atomic mass is 35.5. The number of fused-ring (bicyclic) bond motifs is 1. The van der Waals surface area contributed by atoms with E-state index in [4.69, 9.17) is 11.6 Å². The van der Waals surface area contributed by atoms with E-state index in [1.807, 2.05) is 25.1 Å². The van der Waals surface area contributed by atoms with Crippen LogP contribution in [0, 0.1) is 12.7 Å². The first-order valence-corrected chi connectivity index (χ1v) is 8.10. The number of carbonyl (C=O) groups is 1. The van der Waals surface area contributed by atoms with Crippen molar-refractivity contribution in [3.8, 4) is 5.69 Å². The summed E-state index contributed by atoms with van der Waals surface area (Å²) in [5.41, 5.74) is 3.31. The lowest BCUT2D eigenvalue weighted by atomic mass is 10.1. The Kier molecular flexibility index (Phi) is 3.69. The summed E-state index contributed by atoms with van der Waals surface area (Å²) in [6.07, 6.45) is -0.496. The molecule has 0 unspecified atom stereocenters. The molecule has 0 spiro atoms. The van der Waals surface area contributed by atoms with E-state index in [-0.39, 0.29) is 11.7 Å². The number of nitrogens with one attached hydrogen (secondary N) is 2. The molecule has 1 amide bonds. The second-order valence-electron chi connectivity index (χ2n) is 5.77. The molecule has 1 aliphatic rings. The van der Waals surface area contributed by atoms with Gasteiger partial charge in [0.1, 0.15) is 17.1 Å². The highest BCUT2D eigenvalue weighted by molar-refractivity contribution is 6.30. The normalized spacial score (nSPS) is 16.1. The fraction of sp³-hybridized carbons (Fsp3) is 0.111. The summed E-state index contributed by atoms with van der Waals surface area (Å²) in [6, 6.07) is 13.2. The van der Waals surface area contributed by atoms with E-state index in [1.54, 1.807) is 18.2 Å². The van der Waals surface area contributed by atoms with E-state index in [0.29, 0.717) is 27.7 Å². The molecule has 0 saturated heterocycles. The number of rotatable bonds is 2. The summed E-state index contributed by atoms with van der Waals surface area (Å²) in [4.78, 5) is 12.3. The SMILES string of the molecule is Cc1nn(-c2ccc(F)cc2)c(Cl)c1[C@H]1NC(=O)c2ccccc2N1. The van der Waals surface area contributed by atoms with Gasteiger partial charge in [-0.05, 0) is 43.3 Å². The van der Waals surface area contributed by atoms with Gasteiger partial charge in [0, 0.05) is 5.69 Å². The molecule has 0 aliphatic carbocycles. The zero-order valence-corrected chi connectivity index (χ0v) is 14.0. The second-order valence-corrected chi connectivity index (χ2v) is 6.13. The molecule has 0 radical (unpaired) electrons. The molecular weight excluding hydrogens is 343 g/mol. The maximum Gasteiger partial charge on any atom is 0.255 e. The summed E-state index contributed by atoms with van der Waals surface area (Å²) >= 11 is 6.53. The van der Waals surface area contributed by atoms with Crippen molar-refractivity contribution in [2.75, 3.05) is 5.32 Å². The summed E-state index contributed by atoms with van der Waals surface area (Å²) in [5.74, 6) is -0.508. The second kappa shape index (κ2) is 5.89. The Morgan fingerprint density at radius 2 is 1.84 bits per heavy atom. The lowest BCUT2D eigenvalue weighted by molar-refractivity contribution is 0.0935. The predicted octanol–water partition coefficient (Wildman–Crippen LogP) is 3.83. The molecule has 126 valence electrons. The van der Waals surface area contributed by atoms with Gasteiger partial charge in [-0.15, -0.1) is 0 Å². The number of hydrogen-bond donors (Lipinski definition) is 2. The van der Waals surface area contributed by atoms with E-state index in [2.05, 4.69) is 15.7 Å². The van der Waals surface area contributed by atoms with E-state index in [9.17, 15) is 9.18 Å². The number of para-hydroxylation sites is 1. The van der Waals surface area contributed by atoms with E-state index in [0.717, 1.165) is 5.69 Å². The van der Waals surface area contributed by atoms with Crippen molar-refractivity contribution in [1.29, 1.82) is 0 Å². The lowest BCUT2D eigenvalue weighted by Gasteiger charge is -2.27. The third kappa shape index (κ3) is 2.64. The van der Waals surface area contributed by atoms with Gasteiger partial charge < -0.3 is 10.6 Å². The van der Waals surface area contributed by atoms with Crippen molar-refractivity contribution in [3.05, 3.63) is 76.3 Å². The highest BCUT2D eigenvalue weighted by Crippen LogP contribution is 2.33. The number of aromatic nitrogens is 2. The van der Waals surface area contributed by atoms with Gasteiger partial charge >= 0.3 is 0 Å². The van der Waals surface area contributed by atoms with Crippen molar-refractivity contribution >= 4 is 23.2 Å².